The zero-order chi connectivity index (χ0) is 22.7. The number of nitrogens with one attached hydrogen (secondary N) is 1. The van der Waals surface area contributed by atoms with Gasteiger partial charge in [-0.05, 0) is 56.7 Å². The van der Waals surface area contributed by atoms with Gasteiger partial charge in [0, 0.05) is 42.9 Å². The first-order chi connectivity index (χ1) is 15.4. The van der Waals surface area contributed by atoms with E-state index >= 15 is 0 Å². The molecule has 32 heavy (non-hydrogen) atoms. The monoisotopic (exact) mass is 435 g/mol. The fourth-order valence-electron chi connectivity index (χ4n) is 3.69. The standard InChI is InChI=1S/C25H29N3O4/c1-16(2)31-24-9-6-19(10-23(24)30)25-11-22(27-32-25)12-26-21-7-4-18(5-8-21)13-28-14-20(15-28)17(3)29/h4-11,16,20,26,30H,12-15H2,1-3H3. The van der Waals surface area contributed by atoms with Gasteiger partial charge in [0.15, 0.2) is 17.3 Å². The number of ketones is 1. The van der Waals surface area contributed by atoms with Gasteiger partial charge in [-0.15, -0.1) is 0 Å². The number of hydrogen-bond acceptors (Lipinski definition) is 7. The van der Waals surface area contributed by atoms with E-state index in [2.05, 4.69) is 27.5 Å². The van der Waals surface area contributed by atoms with Crippen LogP contribution in [-0.4, -0.2) is 40.1 Å². The topological polar surface area (TPSA) is 87.8 Å². The zero-order valence-electron chi connectivity index (χ0n) is 18.7. The minimum atomic E-state index is -0.0152. The van der Waals surface area contributed by atoms with Gasteiger partial charge in [-0.3, -0.25) is 9.69 Å². The first-order valence-electron chi connectivity index (χ1n) is 10.9. The Kier molecular flexibility index (Phi) is 6.46. The summed E-state index contributed by atoms with van der Waals surface area (Å²) in [4.78, 5) is 13.6. The molecule has 1 aliphatic heterocycles. The summed E-state index contributed by atoms with van der Waals surface area (Å²) < 4.78 is 11.0. The van der Waals surface area contributed by atoms with Crippen LogP contribution >= 0.6 is 0 Å². The van der Waals surface area contributed by atoms with E-state index in [1.807, 2.05) is 38.1 Å². The number of phenolic OH excluding ortho intramolecular Hbond substituents is 1. The van der Waals surface area contributed by atoms with Gasteiger partial charge in [0.1, 0.15) is 11.5 Å². The van der Waals surface area contributed by atoms with Crippen LogP contribution < -0.4 is 10.1 Å². The number of rotatable bonds is 9. The van der Waals surface area contributed by atoms with E-state index in [9.17, 15) is 9.90 Å². The maximum absolute atomic E-state index is 11.3. The summed E-state index contributed by atoms with van der Waals surface area (Å²) in [5, 5.41) is 17.6. The first kappa shape index (κ1) is 21.9. The Bertz CT molecular complexity index is 1070. The summed E-state index contributed by atoms with van der Waals surface area (Å²) in [6, 6.07) is 15.3. The third-order valence-corrected chi connectivity index (χ3v) is 5.53. The van der Waals surface area contributed by atoms with E-state index < -0.39 is 0 Å². The number of phenols is 1. The fourth-order valence-corrected chi connectivity index (χ4v) is 3.69. The van der Waals surface area contributed by atoms with E-state index in [-0.39, 0.29) is 23.6 Å². The molecule has 0 spiro atoms. The predicted molar refractivity (Wildman–Crippen MR) is 123 cm³/mol. The molecule has 0 amide bonds. The highest BCUT2D eigenvalue weighted by molar-refractivity contribution is 5.79. The molecule has 7 nitrogen and oxygen atoms in total. The molecule has 0 saturated carbocycles. The second-order valence-corrected chi connectivity index (χ2v) is 8.58. The molecule has 0 radical (unpaired) electrons. The number of hydrogen-bond donors (Lipinski definition) is 2. The highest BCUT2D eigenvalue weighted by Gasteiger charge is 2.29. The highest BCUT2D eigenvalue weighted by Crippen LogP contribution is 2.32. The number of benzene rings is 2. The van der Waals surface area contributed by atoms with Crippen molar-refractivity contribution in [3.8, 4) is 22.8 Å². The van der Waals surface area contributed by atoms with E-state index in [1.54, 1.807) is 19.1 Å². The van der Waals surface area contributed by atoms with Crippen molar-refractivity contribution in [3.05, 3.63) is 59.8 Å². The molecule has 2 N–H and O–H groups in total. The normalized spacial score (nSPS) is 14.4. The molecule has 1 fully saturated rings. The van der Waals surface area contributed by atoms with Crippen LogP contribution in [-0.2, 0) is 17.9 Å². The van der Waals surface area contributed by atoms with Crippen LogP contribution in [0.1, 0.15) is 32.0 Å². The fraction of sp³-hybridized carbons (Fsp3) is 0.360. The second kappa shape index (κ2) is 9.44. The van der Waals surface area contributed by atoms with Crippen LogP contribution in [0.5, 0.6) is 11.5 Å². The van der Waals surface area contributed by atoms with Crippen molar-refractivity contribution < 1.29 is 19.2 Å². The van der Waals surface area contributed by atoms with E-state index in [4.69, 9.17) is 9.26 Å². The maximum Gasteiger partial charge on any atom is 0.167 e. The third-order valence-electron chi connectivity index (χ3n) is 5.53. The van der Waals surface area contributed by atoms with Crippen LogP contribution in [0.25, 0.3) is 11.3 Å². The molecule has 0 unspecified atom stereocenters. The third kappa shape index (κ3) is 5.29. The second-order valence-electron chi connectivity index (χ2n) is 8.58. The van der Waals surface area contributed by atoms with Crippen molar-refractivity contribution >= 4 is 11.5 Å². The molecule has 2 heterocycles. The molecule has 7 heteroatoms. The van der Waals surface area contributed by atoms with E-state index in [1.165, 1.54) is 5.56 Å². The largest absolute Gasteiger partial charge is 0.504 e. The van der Waals surface area contributed by atoms with Crippen molar-refractivity contribution in [2.75, 3.05) is 18.4 Å². The van der Waals surface area contributed by atoms with E-state index in [0.29, 0.717) is 18.1 Å². The Morgan fingerprint density at radius 2 is 1.97 bits per heavy atom. The number of Topliss-reactive ketones (excluding diaryl/α,β-unsaturated/α-hetero) is 1. The molecule has 0 bridgehead atoms. The summed E-state index contributed by atoms with van der Waals surface area (Å²) in [7, 11) is 0. The SMILES string of the molecule is CC(=O)C1CN(Cc2ccc(NCc3cc(-c4ccc(OC(C)C)c(O)c4)on3)cc2)C1. The first-order valence-corrected chi connectivity index (χ1v) is 10.9. The van der Waals surface area contributed by atoms with Gasteiger partial charge < -0.3 is 19.7 Å². The van der Waals surface area contributed by atoms with Gasteiger partial charge in [-0.2, -0.15) is 0 Å². The molecule has 0 aliphatic carbocycles. The minimum Gasteiger partial charge on any atom is -0.504 e. The van der Waals surface area contributed by atoms with Crippen molar-refractivity contribution in [3.63, 3.8) is 0 Å². The van der Waals surface area contributed by atoms with E-state index in [0.717, 1.165) is 36.6 Å². The summed E-state index contributed by atoms with van der Waals surface area (Å²) >= 11 is 0. The van der Waals surface area contributed by atoms with Crippen LogP contribution in [0.2, 0.25) is 0 Å². The van der Waals surface area contributed by atoms with Gasteiger partial charge in [0.05, 0.1) is 12.6 Å². The molecule has 1 saturated heterocycles. The number of carbonyl (C=O) groups excluding carboxylic acids is 1. The average Bonchev–Trinajstić information content (AvgIpc) is 3.19. The lowest BCUT2D eigenvalue weighted by molar-refractivity contribution is -0.126. The predicted octanol–water partition coefficient (Wildman–Crippen LogP) is 4.47. The lowest BCUT2D eigenvalue weighted by atomic mass is 9.95. The number of aromatic hydroxyl groups is 1. The summed E-state index contributed by atoms with van der Waals surface area (Å²) in [5.74, 6) is 1.59. The molecule has 1 aliphatic rings. The lowest BCUT2D eigenvalue weighted by Crippen LogP contribution is -2.48. The molecule has 168 valence electrons. The number of carbonyl (C=O) groups is 1. The summed E-state index contributed by atoms with van der Waals surface area (Å²) in [5.41, 5.74) is 3.73. The number of ether oxygens (including phenoxy) is 1. The molecule has 3 aromatic rings. The molecule has 0 atom stereocenters. The number of nitrogens with zero attached hydrogens (tertiary/aromatic N) is 2. The Balaban J connectivity index is 1.30. The number of likely N-dealkylation sites (tertiary alicyclic amines) is 1. The van der Waals surface area contributed by atoms with Crippen molar-refractivity contribution in [1.82, 2.24) is 10.1 Å². The Labute approximate surface area is 188 Å². The van der Waals surface area contributed by atoms with Crippen LogP contribution in [0, 0.1) is 5.92 Å². The zero-order valence-corrected chi connectivity index (χ0v) is 18.7. The van der Waals surface area contributed by atoms with Gasteiger partial charge in [-0.1, -0.05) is 17.3 Å². The number of aromatic nitrogens is 1. The summed E-state index contributed by atoms with van der Waals surface area (Å²) in [6.45, 7) is 8.59. The molecule has 1 aromatic heterocycles. The van der Waals surface area contributed by atoms with Crippen molar-refractivity contribution in [2.24, 2.45) is 5.92 Å². The van der Waals surface area contributed by atoms with Crippen LogP contribution in [0.3, 0.4) is 0 Å². The van der Waals surface area contributed by atoms with Gasteiger partial charge in [-0.25, -0.2) is 0 Å². The Morgan fingerprint density at radius 3 is 2.62 bits per heavy atom. The Hall–Kier alpha value is -3.32. The maximum atomic E-state index is 11.3. The lowest BCUT2D eigenvalue weighted by Gasteiger charge is -2.37. The Morgan fingerprint density at radius 1 is 1.22 bits per heavy atom. The number of anilines is 1. The smallest absolute Gasteiger partial charge is 0.167 e. The quantitative estimate of drug-likeness (QED) is 0.513. The van der Waals surface area contributed by atoms with Crippen molar-refractivity contribution in [2.45, 2.75) is 40.0 Å². The highest BCUT2D eigenvalue weighted by atomic mass is 16.5. The van der Waals surface area contributed by atoms with Crippen LogP contribution in [0.4, 0.5) is 5.69 Å². The van der Waals surface area contributed by atoms with Gasteiger partial charge in [0.25, 0.3) is 0 Å². The van der Waals surface area contributed by atoms with Crippen LogP contribution in [0.15, 0.2) is 53.1 Å². The minimum absolute atomic E-state index is 0.0152. The molecular weight excluding hydrogens is 406 g/mol. The summed E-state index contributed by atoms with van der Waals surface area (Å²) in [6.07, 6.45) is -0.0152. The van der Waals surface area contributed by atoms with Gasteiger partial charge >= 0.3 is 0 Å². The average molecular weight is 436 g/mol. The molecular formula is C25H29N3O4. The molecule has 2 aromatic carbocycles. The van der Waals surface area contributed by atoms with Crippen molar-refractivity contribution in [1.29, 1.82) is 0 Å². The van der Waals surface area contributed by atoms with Gasteiger partial charge in [0.2, 0.25) is 0 Å². The molecule has 4 rings (SSSR count).